The van der Waals surface area contributed by atoms with Crippen LogP contribution >= 0.6 is 11.6 Å². The second-order valence-corrected chi connectivity index (χ2v) is 4.74. The molecule has 1 aliphatic heterocycles. The molecule has 1 aliphatic rings. The van der Waals surface area contributed by atoms with Crippen LogP contribution in [-0.4, -0.2) is 22.5 Å². The third-order valence-electron chi connectivity index (χ3n) is 3.18. The Morgan fingerprint density at radius 1 is 1.44 bits per heavy atom. The maximum absolute atomic E-state index is 6.02. The van der Waals surface area contributed by atoms with Gasteiger partial charge in [0.15, 0.2) is 0 Å². The van der Waals surface area contributed by atoms with Gasteiger partial charge in [0.05, 0.1) is 16.7 Å². The van der Waals surface area contributed by atoms with Gasteiger partial charge in [-0.25, -0.2) is 4.98 Å². The van der Waals surface area contributed by atoms with E-state index in [0.717, 1.165) is 29.5 Å². The predicted molar refractivity (Wildman–Crippen MR) is 65.0 cm³/mol. The van der Waals surface area contributed by atoms with Gasteiger partial charge in [-0.1, -0.05) is 11.6 Å². The highest BCUT2D eigenvalue weighted by Gasteiger charge is 2.19. The van der Waals surface area contributed by atoms with Crippen molar-refractivity contribution in [1.29, 1.82) is 0 Å². The molecule has 0 amide bonds. The van der Waals surface area contributed by atoms with Gasteiger partial charge in [0, 0.05) is 18.7 Å². The first-order valence-electron chi connectivity index (χ1n) is 5.68. The number of pyridine rings is 1. The van der Waals surface area contributed by atoms with Crippen molar-refractivity contribution < 1.29 is 0 Å². The lowest BCUT2D eigenvalue weighted by Gasteiger charge is -2.21. The summed E-state index contributed by atoms with van der Waals surface area (Å²) in [4.78, 5) is 4.52. The largest absolute Gasteiger partial charge is 0.316 e. The summed E-state index contributed by atoms with van der Waals surface area (Å²) in [5.41, 5.74) is 1.12. The summed E-state index contributed by atoms with van der Waals surface area (Å²) in [5.74, 6) is 1.64. The molecule has 1 fully saturated rings. The van der Waals surface area contributed by atoms with Crippen LogP contribution in [0.5, 0.6) is 0 Å². The van der Waals surface area contributed by atoms with E-state index in [0.29, 0.717) is 5.92 Å². The molecule has 0 aromatic carbocycles. The molecule has 1 N–H and O–H groups in total. The lowest BCUT2D eigenvalue weighted by Crippen LogP contribution is -2.29. The quantitative estimate of drug-likeness (QED) is 0.823. The van der Waals surface area contributed by atoms with Crippen molar-refractivity contribution in [2.24, 2.45) is 0 Å². The molecule has 4 heteroatoms. The average Bonchev–Trinajstić information content (AvgIpc) is 2.73. The van der Waals surface area contributed by atoms with Crippen molar-refractivity contribution >= 4 is 17.1 Å². The van der Waals surface area contributed by atoms with Crippen LogP contribution in [-0.2, 0) is 0 Å². The minimum Gasteiger partial charge on any atom is -0.316 e. The standard InChI is InChI=1S/C12H14ClN3/c13-10-3-4-11-7-15-12(16(11)8-10)9-2-1-5-14-6-9/h3-4,7-9,14H,1-2,5-6H2. The van der Waals surface area contributed by atoms with Gasteiger partial charge in [-0.3, -0.25) is 0 Å². The molecule has 3 rings (SSSR count). The summed E-state index contributed by atoms with van der Waals surface area (Å²) in [6.45, 7) is 2.15. The van der Waals surface area contributed by atoms with Crippen LogP contribution in [0.25, 0.3) is 5.52 Å². The molecule has 3 nitrogen and oxygen atoms in total. The van der Waals surface area contributed by atoms with E-state index < -0.39 is 0 Å². The van der Waals surface area contributed by atoms with Crippen LogP contribution in [0, 0.1) is 0 Å². The molecule has 0 radical (unpaired) electrons. The first-order chi connectivity index (χ1) is 7.84. The number of nitrogens with zero attached hydrogens (tertiary/aromatic N) is 2. The van der Waals surface area contributed by atoms with Gasteiger partial charge in [0.25, 0.3) is 0 Å². The van der Waals surface area contributed by atoms with Crippen molar-refractivity contribution in [3.05, 3.63) is 35.4 Å². The number of hydrogen-bond donors (Lipinski definition) is 1. The fourth-order valence-electron chi connectivity index (χ4n) is 2.36. The first kappa shape index (κ1) is 10.1. The minimum atomic E-state index is 0.509. The second kappa shape index (κ2) is 4.07. The number of piperidine rings is 1. The zero-order valence-corrected chi connectivity index (χ0v) is 9.74. The summed E-state index contributed by atoms with van der Waals surface area (Å²) in [5, 5.41) is 4.18. The minimum absolute atomic E-state index is 0.509. The summed E-state index contributed by atoms with van der Waals surface area (Å²) in [7, 11) is 0. The van der Waals surface area contributed by atoms with E-state index in [1.807, 2.05) is 24.5 Å². The lowest BCUT2D eigenvalue weighted by molar-refractivity contribution is 0.445. The highest BCUT2D eigenvalue weighted by molar-refractivity contribution is 6.30. The van der Waals surface area contributed by atoms with Crippen LogP contribution in [0.3, 0.4) is 0 Å². The van der Waals surface area contributed by atoms with E-state index in [1.54, 1.807) is 0 Å². The summed E-state index contributed by atoms with van der Waals surface area (Å²) < 4.78 is 2.11. The zero-order chi connectivity index (χ0) is 11.0. The van der Waals surface area contributed by atoms with Crippen LogP contribution in [0.4, 0.5) is 0 Å². The van der Waals surface area contributed by atoms with E-state index in [4.69, 9.17) is 11.6 Å². The Morgan fingerprint density at radius 2 is 2.38 bits per heavy atom. The van der Waals surface area contributed by atoms with Gasteiger partial charge in [-0.05, 0) is 31.5 Å². The van der Waals surface area contributed by atoms with Gasteiger partial charge in [0.2, 0.25) is 0 Å². The highest BCUT2D eigenvalue weighted by atomic mass is 35.5. The molecule has 0 spiro atoms. The topological polar surface area (TPSA) is 29.3 Å². The molecule has 3 heterocycles. The average molecular weight is 236 g/mol. The molecule has 0 saturated carbocycles. The van der Waals surface area contributed by atoms with Gasteiger partial charge in [0.1, 0.15) is 5.82 Å². The Balaban J connectivity index is 2.05. The van der Waals surface area contributed by atoms with Gasteiger partial charge >= 0.3 is 0 Å². The van der Waals surface area contributed by atoms with Crippen LogP contribution in [0.2, 0.25) is 5.02 Å². The third kappa shape index (κ3) is 1.70. The molecule has 16 heavy (non-hydrogen) atoms. The fraction of sp³-hybridized carbons (Fsp3) is 0.417. The Hall–Kier alpha value is -1.06. The van der Waals surface area contributed by atoms with E-state index in [2.05, 4.69) is 14.7 Å². The molecule has 84 valence electrons. The Kier molecular flexibility index (Phi) is 2.58. The summed E-state index contributed by atoms with van der Waals surface area (Å²) in [6, 6.07) is 3.91. The van der Waals surface area contributed by atoms with Crippen LogP contribution < -0.4 is 5.32 Å². The number of rotatable bonds is 1. The Morgan fingerprint density at radius 3 is 3.19 bits per heavy atom. The monoisotopic (exact) mass is 235 g/mol. The van der Waals surface area contributed by atoms with Crippen molar-refractivity contribution in [2.75, 3.05) is 13.1 Å². The molecule has 1 unspecified atom stereocenters. The van der Waals surface area contributed by atoms with Gasteiger partial charge in [-0.2, -0.15) is 0 Å². The lowest BCUT2D eigenvalue weighted by atomic mass is 9.99. The SMILES string of the molecule is Clc1ccc2cnc(C3CCCNC3)n2c1. The fourth-order valence-corrected chi connectivity index (χ4v) is 2.52. The maximum atomic E-state index is 6.02. The second-order valence-electron chi connectivity index (χ2n) is 4.30. The third-order valence-corrected chi connectivity index (χ3v) is 3.41. The number of imidazole rings is 1. The van der Waals surface area contributed by atoms with E-state index >= 15 is 0 Å². The molecule has 1 atom stereocenters. The highest BCUT2D eigenvalue weighted by Crippen LogP contribution is 2.24. The molecule has 0 bridgehead atoms. The molecular weight excluding hydrogens is 222 g/mol. The number of hydrogen-bond acceptors (Lipinski definition) is 2. The number of halogens is 1. The zero-order valence-electron chi connectivity index (χ0n) is 8.99. The number of nitrogens with one attached hydrogen (secondary N) is 1. The smallest absolute Gasteiger partial charge is 0.117 e. The van der Waals surface area contributed by atoms with E-state index in [1.165, 1.54) is 12.8 Å². The number of fused-ring (bicyclic) bond motifs is 1. The molecule has 2 aromatic heterocycles. The maximum Gasteiger partial charge on any atom is 0.117 e. The van der Waals surface area contributed by atoms with Gasteiger partial charge < -0.3 is 9.72 Å². The van der Waals surface area contributed by atoms with Crippen LogP contribution in [0.15, 0.2) is 24.5 Å². The van der Waals surface area contributed by atoms with E-state index in [-0.39, 0.29) is 0 Å². The molecular formula is C12H14ClN3. The summed E-state index contributed by atoms with van der Waals surface area (Å²) >= 11 is 6.02. The Labute approximate surface area is 99.4 Å². The molecule has 0 aliphatic carbocycles. The molecule has 1 saturated heterocycles. The van der Waals surface area contributed by atoms with Crippen molar-refractivity contribution in [2.45, 2.75) is 18.8 Å². The van der Waals surface area contributed by atoms with Crippen molar-refractivity contribution in [3.8, 4) is 0 Å². The number of aromatic nitrogens is 2. The van der Waals surface area contributed by atoms with Crippen molar-refractivity contribution in [3.63, 3.8) is 0 Å². The Bertz CT molecular complexity index is 500. The van der Waals surface area contributed by atoms with Gasteiger partial charge in [-0.15, -0.1) is 0 Å². The van der Waals surface area contributed by atoms with Crippen molar-refractivity contribution in [1.82, 2.24) is 14.7 Å². The van der Waals surface area contributed by atoms with E-state index in [9.17, 15) is 0 Å². The van der Waals surface area contributed by atoms with Crippen LogP contribution in [0.1, 0.15) is 24.6 Å². The normalized spacial score (nSPS) is 21.4. The first-order valence-corrected chi connectivity index (χ1v) is 6.05. The predicted octanol–water partition coefficient (Wildman–Crippen LogP) is 2.45. The molecule has 2 aromatic rings. The summed E-state index contributed by atoms with van der Waals surface area (Å²) in [6.07, 6.45) is 6.30.